The van der Waals surface area contributed by atoms with Gasteiger partial charge in [0, 0.05) is 19.0 Å². The van der Waals surface area contributed by atoms with Crippen LogP contribution in [0.15, 0.2) is 11.0 Å². The van der Waals surface area contributed by atoms with Crippen LogP contribution in [0.1, 0.15) is 32.1 Å². The van der Waals surface area contributed by atoms with Gasteiger partial charge in [0.15, 0.2) is 0 Å². The molecule has 4 nitrogen and oxygen atoms in total. The van der Waals surface area contributed by atoms with Crippen molar-refractivity contribution in [2.45, 2.75) is 42.6 Å². The molecule has 0 bridgehead atoms. The quantitative estimate of drug-likeness (QED) is 0.869. The maximum Gasteiger partial charge on any atom is 0.245 e. The number of halogens is 2. The normalized spacial score (nSPS) is 31.1. The molecular weight excluding hydrogens is 353 g/mol. The van der Waals surface area contributed by atoms with E-state index in [1.54, 1.807) is 0 Å². The fourth-order valence-electron chi connectivity index (χ4n) is 3.40. The van der Waals surface area contributed by atoms with Crippen molar-refractivity contribution in [2.24, 2.45) is 5.92 Å². The van der Waals surface area contributed by atoms with Gasteiger partial charge < -0.3 is 5.11 Å². The lowest BCUT2D eigenvalue weighted by Gasteiger charge is -2.46. The number of rotatable bonds is 2. The van der Waals surface area contributed by atoms with Gasteiger partial charge in [0.05, 0.1) is 9.94 Å². The van der Waals surface area contributed by atoms with Gasteiger partial charge in [-0.3, -0.25) is 0 Å². The summed E-state index contributed by atoms with van der Waals surface area (Å²) in [6, 6.07) is 1.41. The Hall–Kier alpha value is 0.150. The predicted molar refractivity (Wildman–Crippen MR) is 84.6 cm³/mol. The minimum Gasteiger partial charge on any atom is -0.390 e. The number of nitrogens with zero attached hydrogens (tertiary/aromatic N) is 1. The molecule has 2 heterocycles. The van der Waals surface area contributed by atoms with Crippen LogP contribution in [0.3, 0.4) is 0 Å². The highest BCUT2D eigenvalue weighted by Crippen LogP contribution is 2.42. The van der Waals surface area contributed by atoms with E-state index >= 15 is 0 Å². The molecule has 0 radical (unpaired) electrons. The molecule has 1 aromatic rings. The minimum absolute atomic E-state index is 0.0164. The molecule has 0 amide bonds. The Balaban J connectivity index is 1.86. The summed E-state index contributed by atoms with van der Waals surface area (Å²) in [6.07, 6.45) is 4.21. The van der Waals surface area contributed by atoms with E-state index in [1.807, 2.05) is 0 Å². The van der Waals surface area contributed by atoms with Gasteiger partial charge in [0.25, 0.3) is 0 Å². The van der Waals surface area contributed by atoms with Gasteiger partial charge in [-0.1, -0.05) is 36.0 Å². The maximum atomic E-state index is 12.7. The van der Waals surface area contributed by atoms with Crippen LogP contribution < -0.4 is 0 Å². The molecule has 21 heavy (non-hydrogen) atoms. The third-order valence-electron chi connectivity index (χ3n) is 4.63. The van der Waals surface area contributed by atoms with Crippen LogP contribution in [-0.4, -0.2) is 36.5 Å². The summed E-state index contributed by atoms with van der Waals surface area (Å²) in [5.41, 5.74) is -0.694. The average molecular weight is 370 g/mol. The van der Waals surface area contributed by atoms with E-state index in [1.165, 1.54) is 10.4 Å². The summed E-state index contributed by atoms with van der Waals surface area (Å²) in [6.45, 7) is 0.696. The number of piperidine rings is 1. The third-order valence-corrected chi connectivity index (χ3v) is 8.25. The van der Waals surface area contributed by atoms with Crippen LogP contribution in [-0.2, 0) is 10.0 Å². The predicted octanol–water partition coefficient (Wildman–Crippen LogP) is 3.37. The third kappa shape index (κ3) is 2.86. The molecule has 8 heteroatoms. The molecule has 1 aliphatic carbocycles. The molecule has 2 fully saturated rings. The van der Waals surface area contributed by atoms with Crippen molar-refractivity contribution >= 4 is 44.6 Å². The maximum absolute atomic E-state index is 12.7. The van der Waals surface area contributed by atoms with E-state index in [2.05, 4.69) is 0 Å². The molecule has 118 valence electrons. The summed E-state index contributed by atoms with van der Waals surface area (Å²) in [4.78, 5) is 0.0837. The summed E-state index contributed by atoms with van der Waals surface area (Å²) in [7, 11) is -3.63. The van der Waals surface area contributed by atoms with Crippen LogP contribution in [0.4, 0.5) is 0 Å². The zero-order valence-electron chi connectivity index (χ0n) is 11.4. The number of sulfonamides is 1. The molecule has 2 atom stereocenters. The van der Waals surface area contributed by atoms with E-state index < -0.39 is 15.6 Å². The standard InChI is InChI=1S/C13H17Cl2NO3S2/c14-11-7-10(12(15)20-11)21(18,19)16-6-5-13(17)4-2-1-3-9(13)8-16/h7,9,17H,1-6,8H2. The molecule has 1 saturated carbocycles. The van der Waals surface area contributed by atoms with Gasteiger partial charge in [-0.05, 0) is 25.3 Å². The topological polar surface area (TPSA) is 57.6 Å². The lowest BCUT2D eigenvalue weighted by atomic mass is 9.72. The van der Waals surface area contributed by atoms with Gasteiger partial charge in [-0.2, -0.15) is 4.31 Å². The van der Waals surface area contributed by atoms with Crippen LogP contribution in [0, 0.1) is 5.92 Å². The van der Waals surface area contributed by atoms with Crippen molar-refractivity contribution in [3.63, 3.8) is 0 Å². The lowest BCUT2D eigenvalue weighted by Crippen LogP contribution is -2.54. The van der Waals surface area contributed by atoms with Gasteiger partial charge in [-0.15, -0.1) is 11.3 Å². The van der Waals surface area contributed by atoms with Crippen molar-refractivity contribution in [1.29, 1.82) is 0 Å². The molecule has 0 aromatic carbocycles. The zero-order chi connectivity index (χ0) is 15.3. The van der Waals surface area contributed by atoms with Crippen LogP contribution >= 0.6 is 34.5 Å². The van der Waals surface area contributed by atoms with Gasteiger partial charge in [-0.25, -0.2) is 8.42 Å². The van der Waals surface area contributed by atoms with Crippen molar-refractivity contribution in [2.75, 3.05) is 13.1 Å². The first-order valence-corrected chi connectivity index (χ1v) is 10.0. The fourth-order valence-corrected chi connectivity index (χ4v) is 7.00. The highest BCUT2D eigenvalue weighted by molar-refractivity contribution is 7.89. The lowest BCUT2D eigenvalue weighted by molar-refractivity contribution is -0.0816. The Labute approximate surface area is 138 Å². The molecule has 3 rings (SSSR count). The van der Waals surface area contributed by atoms with E-state index in [0.717, 1.165) is 37.0 Å². The summed E-state index contributed by atoms with van der Waals surface area (Å²) in [5, 5.41) is 10.6. The van der Waals surface area contributed by atoms with Gasteiger partial charge >= 0.3 is 0 Å². The SMILES string of the molecule is O=S(=O)(c1cc(Cl)sc1Cl)N1CCC2(O)CCCCC2C1. The second kappa shape index (κ2) is 5.65. The first-order valence-electron chi connectivity index (χ1n) is 7.00. The zero-order valence-corrected chi connectivity index (χ0v) is 14.5. The highest BCUT2D eigenvalue weighted by Gasteiger charge is 2.45. The van der Waals surface area contributed by atoms with Gasteiger partial charge in [0.2, 0.25) is 10.0 Å². The Morgan fingerprint density at radius 3 is 2.76 bits per heavy atom. The summed E-state index contributed by atoms with van der Waals surface area (Å²) >= 11 is 12.9. The monoisotopic (exact) mass is 369 g/mol. The van der Waals surface area contributed by atoms with Crippen LogP contribution in [0.2, 0.25) is 8.67 Å². The van der Waals surface area contributed by atoms with Crippen molar-refractivity contribution in [3.8, 4) is 0 Å². The molecule has 2 aliphatic rings. The molecule has 1 saturated heterocycles. The van der Waals surface area contributed by atoms with Crippen molar-refractivity contribution < 1.29 is 13.5 Å². The molecule has 1 N–H and O–H groups in total. The minimum atomic E-state index is -3.63. The van der Waals surface area contributed by atoms with Crippen molar-refractivity contribution in [3.05, 3.63) is 14.7 Å². The largest absolute Gasteiger partial charge is 0.390 e. The second-order valence-electron chi connectivity index (χ2n) is 5.85. The Morgan fingerprint density at radius 1 is 1.33 bits per heavy atom. The number of hydrogen-bond acceptors (Lipinski definition) is 4. The highest BCUT2D eigenvalue weighted by atomic mass is 35.5. The molecule has 2 unspecified atom stereocenters. The molecule has 1 aromatic heterocycles. The van der Waals surface area contributed by atoms with Crippen LogP contribution in [0.25, 0.3) is 0 Å². The average Bonchev–Trinajstić information content (AvgIpc) is 2.77. The van der Waals surface area contributed by atoms with Crippen LogP contribution in [0.5, 0.6) is 0 Å². The molecular formula is C13H17Cl2NO3S2. The van der Waals surface area contributed by atoms with E-state index in [-0.39, 0.29) is 15.1 Å². The number of aliphatic hydroxyl groups is 1. The fraction of sp³-hybridized carbons (Fsp3) is 0.692. The summed E-state index contributed by atoms with van der Waals surface area (Å²) in [5.74, 6) is 0.0164. The number of thiophene rings is 1. The summed E-state index contributed by atoms with van der Waals surface area (Å²) < 4.78 is 27.4. The number of fused-ring (bicyclic) bond motifs is 1. The first kappa shape index (κ1) is 16.0. The van der Waals surface area contributed by atoms with Gasteiger partial charge in [0.1, 0.15) is 9.23 Å². The smallest absolute Gasteiger partial charge is 0.245 e. The van der Waals surface area contributed by atoms with E-state index in [9.17, 15) is 13.5 Å². The first-order chi connectivity index (χ1) is 9.83. The number of hydrogen-bond donors (Lipinski definition) is 1. The molecule has 0 spiro atoms. The Kier molecular flexibility index (Phi) is 4.31. The second-order valence-corrected chi connectivity index (χ2v) is 10.0. The Bertz CT molecular complexity index is 646. The van der Waals surface area contributed by atoms with Crippen molar-refractivity contribution in [1.82, 2.24) is 4.31 Å². The Morgan fingerprint density at radius 2 is 2.10 bits per heavy atom. The van der Waals surface area contributed by atoms with E-state index in [0.29, 0.717) is 23.8 Å². The molecule has 1 aliphatic heterocycles. The van der Waals surface area contributed by atoms with E-state index in [4.69, 9.17) is 23.2 Å².